The maximum Gasteiger partial charge on any atom is 0.261 e. The van der Waals surface area contributed by atoms with Gasteiger partial charge in [-0.3, -0.25) is 19.0 Å². The molecule has 0 spiro atoms. The first kappa shape index (κ1) is 19.1. The molecule has 1 aliphatic heterocycles. The van der Waals surface area contributed by atoms with Gasteiger partial charge in [-0.2, -0.15) is 0 Å². The van der Waals surface area contributed by atoms with E-state index < -0.39 is 11.9 Å². The number of hydrogen-bond donors (Lipinski definition) is 1. The Morgan fingerprint density at radius 3 is 2.66 bits per heavy atom. The van der Waals surface area contributed by atoms with Crippen LogP contribution in [0, 0.1) is 6.92 Å². The Bertz CT molecular complexity index is 1160. The van der Waals surface area contributed by atoms with Gasteiger partial charge in [-0.15, -0.1) is 0 Å². The molecular weight excluding hydrogens is 392 g/mol. The van der Waals surface area contributed by atoms with Crippen LogP contribution in [0.4, 0.5) is 5.69 Å². The minimum absolute atomic E-state index is 0.179. The van der Waals surface area contributed by atoms with Crippen molar-refractivity contribution in [1.29, 1.82) is 0 Å². The number of carbonyl (C=O) groups excluding carboxylic acids is 2. The summed E-state index contributed by atoms with van der Waals surface area (Å²) in [6.07, 6.45) is 0.497. The zero-order chi connectivity index (χ0) is 20.5. The maximum atomic E-state index is 12.7. The molecule has 1 aliphatic rings. The van der Waals surface area contributed by atoms with Crippen LogP contribution in [0.5, 0.6) is 0 Å². The summed E-state index contributed by atoms with van der Waals surface area (Å²) in [5.41, 5.74) is 1.06. The highest BCUT2D eigenvalue weighted by molar-refractivity contribution is 6.30. The van der Waals surface area contributed by atoms with Gasteiger partial charge in [0.1, 0.15) is 18.4 Å². The molecule has 0 radical (unpaired) electrons. The molecule has 1 fully saturated rings. The highest BCUT2D eigenvalue weighted by atomic mass is 35.5. The van der Waals surface area contributed by atoms with Crippen LogP contribution in [-0.2, 0) is 16.1 Å². The van der Waals surface area contributed by atoms with Crippen LogP contribution < -0.4 is 15.8 Å². The minimum atomic E-state index is -0.623. The summed E-state index contributed by atoms with van der Waals surface area (Å²) in [6, 6.07) is 13.4. The lowest BCUT2D eigenvalue weighted by Crippen LogP contribution is -2.44. The fourth-order valence-electron chi connectivity index (χ4n) is 3.54. The summed E-state index contributed by atoms with van der Waals surface area (Å²) in [4.78, 5) is 44.0. The van der Waals surface area contributed by atoms with E-state index in [1.165, 1.54) is 4.57 Å². The highest BCUT2D eigenvalue weighted by Gasteiger charge is 2.33. The SMILES string of the molecule is Cc1nc2ccccc2c(=O)n1CC(=O)N[C@H]1CCN(c2ccc(Cl)cc2)C1=O. The average molecular weight is 411 g/mol. The summed E-state index contributed by atoms with van der Waals surface area (Å²) in [7, 11) is 0. The Labute approximate surface area is 171 Å². The first-order valence-electron chi connectivity index (χ1n) is 9.26. The lowest BCUT2D eigenvalue weighted by atomic mass is 10.2. The molecule has 7 nitrogen and oxygen atoms in total. The number of aryl methyl sites for hydroxylation is 1. The molecule has 1 atom stereocenters. The number of aromatic nitrogens is 2. The van der Waals surface area contributed by atoms with Crippen molar-refractivity contribution in [3.63, 3.8) is 0 Å². The molecule has 2 heterocycles. The molecule has 3 aromatic rings. The van der Waals surface area contributed by atoms with Gasteiger partial charge >= 0.3 is 0 Å². The predicted molar refractivity (Wildman–Crippen MR) is 111 cm³/mol. The molecule has 0 saturated carbocycles. The molecule has 1 saturated heterocycles. The van der Waals surface area contributed by atoms with Crippen molar-refractivity contribution in [2.45, 2.75) is 25.9 Å². The van der Waals surface area contributed by atoms with Crippen molar-refractivity contribution >= 4 is 40.0 Å². The number of nitrogens with one attached hydrogen (secondary N) is 1. The Hall–Kier alpha value is -3.19. The number of carbonyl (C=O) groups is 2. The number of anilines is 1. The lowest BCUT2D eigenvalue weighted by Gasteiger charge is -2.18. The van der Waals surface area contributed by atoms with Crippen molar-refractivity contribution in [3.05, 3.63) is 69.7 Å². The predicted octanol–water partition coefficient (Wildman–Crippen LogP) is 2.28. The second-order valence-corrected chi connectivity index (χ2v) is 7.38. The van der Waals surface area contributed by atoms with Gasteiger partial charge in [-0.1, -0.05) is 23.7 Å². The summed E-state index contributed by atoms with van der Waals surface area (Å²) in [6.45, 7) is 2.00. The lowest BCUT2D eigenvalue weighted by molar-refractivity contribution is -0.126. The van der Waals surface area contributed by atoms with Gasteiger partial charge in [-0.25, -0.2) is 4.98 Å². The van der Waals surface area contributed by atoms with E-state index in [4.69, 9.17) is 11.6 Å². The van der Waals surface area contributed by atoms with Gasteiger partial charge in [0.25, 0.3) is 5.56 Å². The minimum Gasteiger partial charge on any atom is -0.343 e. The number of amides is 2. The third-order valence-corrected chi connectivity index (χ3v) is 5.29. The largest absolute Gasteiger partial charge is 0.343 e. The summed E-state index contributed by atoms with van der Waals surface area (Å²) < 4.78 is 1.33. The van der Waals surface area contributed by atoms with E-state index in [1.54, 1.807) is 54.3 Å². The number of para-hydroxylation sites is 1. The topological polar surface area (TPSA) is 84.3 Å². The molecule has 2 amide bonds. The summed E-state index contributed by atoms with van der Waals surface area (Å²) in [5, 5.41) is 3.80. The number of rotatable bonds is 4. The van der Waals surface area contributed by atoms with Gasteiger partial charge in [0.05, 0.1) is 10.9 Å². The molecule has 1 aromatic heterocycles. The zero-order valence-electron chi connectivity index (χ0n) is 15.8. The normalized spacial score (nSPS) is 16.4. The van der Waals surface area contributed by atoms with Crippen molar-refractivity contribution < 1.29 is 9.59 Å². The molecule has 1 N–H and O–H groups in total. The first-order chi connectivity index (χ1) is 13.9. The van der Waals surface area contributed by atoms with Gasteiger partial charge in [-0.05, 0) is 49.7 Å². The molecule has 29 heavy (non-hydrogen) atoms. The fraction of sp³-hybridized carbons (Fsp3) is 0.238. The summed E-state index contributed by atoms with van der Waals surface area (Å²) in [5.74, 6) is -0.130. The van der Waals surface area contributed by atoms with Crippen molar-refractivity contribution in [2.24, 2.45) is 0 Å². The molecule has 0 bridgehead atoms. The van der Waals surface area contributed by atoms with E-state index in [-0.39, 0.29) is 18.0 Å². The average Bonchev–Trinajstić information content (AvgIpc) is 3.06. The van der Waals surface area contributed by atoms with Crippen LogP contribution in [0.15, 0.2) is 53.3 Å². The quantitative estimate of drug-likeness (QED) is 0.715. The van der Waals surface area contributed by atoms with E-state index in [1.807, 2.05) is 6.07 Å². The summed E-state index contributed by atoms with van der Waals surface area (Å²) >= 11 is 5.90. The smallest absolute Gasteiger partial charge is 0.261 e. The van der Waals surface area contributed by atoms with E-state index in [9.17, 15) is 14.4 Å². The molecule has 0 unspecified atom stereocenters. The van der Waals surface area contributed by atoms with E-state index in [0.29, 0.717) is 34.7 Å². The second kappa shape index (κ2) is 7.67. The van der Waals surface area contributed by atoms with E-state index in [2.05, 4.69) is 10.3 Å². The third-order valence-electron chi connectivity index (χ3n) is 5.03. The van der Waals surface area contributed by atoms with Crippen molar-refractivity contribution in [1.82, 2.24) is 14.9 Å². The van der Waals surface area contributed by atoms with Crippen molar-refractivity contribution in [3.8, 4) is 0 Å². The zero-order valence-corrected chi connectivity index (χ0v) is 16.5. The van der Waals surface area contributed by atoms with Crippen LogP contribution in [0.25, 0.3) is 10.9 Å². The third kappa shape index (κ3) is 3.73. The van der Waals surface area contributed by atoms with Crippen LogP contribution in [0.3, 0.4) is 0 Å². The van der Waals surface area contributed by atoms with Crippen LogP contribution in [0.2, 0.25) is 5.02 Å². The molecule has 2 aromatic carbocycles. The van der Waals surface area contributed by atoms with Gasteiger partial charge in [0, 0.05) is 17.3 Å². The fourth-order valence-corrected chi connectivity index (χ4v) is 3.67. The Balaban J connectivity index is 1.48. The van der Waals surface area contributed by atoms with Crippen molar-refractivity contribution in [2.75, 3.05) is 11.4 Å². The number of nitrogens with zero attached hydrogens (tertiary/aromatic N) is 3. The standard InChI is InChI=1S/C21H19ClN4O3/c1-13-23-17-5-3-2-4-16(17)20(28)26(13)12-19(27)24-18-10-11-25(21(18)29)15-8-6-14(22)7-9-15/h2-9,18H,10-12H2,1H3,(H,24,27)/t18-/m0/s1. The van der Waals surface area contributed by atoms with Crippen LogP contribution in [0.1, 0.15) is 12.2 Å². The Kier molecular flexibility index (Phi) is 5.07. The Morgan fingerprint density at radius 2 is 1.90 bits per heavy atom. The molecule has 4 rings (SSSR count). The second-order valence-electron chi connectivity index (χ2n) is 6.94. The van der Waals surface area contributed by atoms with Gasteiger partial charge in [0.2, 0.25) is 11.8 Å². The van der Waals surface area contributed by atoms with E-state index in [0.717, 1.165) is 5.69 Å². The van der Waals surface area contributed by atoms with Crippen LogP contribution >= 0.6 is 11.6 Å². The molecular formula is C21H19ClN4O3. The monoisotopic (exact) mass is 410 g/mol. The number of benzene rings is 2. The van der Waals surface area contributed by atoms with Crippen LogP contribution in [-0.4, -0.2) is 34.0 Å². The van der Waals surface area contributed by atoms with Gasteiger partial charge in [0.15, 0.2) is 0 Å². The van der Waals surface area contributed by atoms with E-state index >= 15 is 0 Å². The number of halogens is 1. The van der Waals surface area contributed by atoms with Gasteiger partial charge < -0.3 is 10.2 Å². The Morgan fingerprint density at radius 1 is 1.17 bits per heavy atom. The molecule has 0 aliphatic carbocycles. The maximum absolute atomic E-state index is 12.7. The highest BCUT2D eigenvalue weighted by Crippen LogP contribution is 2.23. The number of fused-ring (bicyclic) bond motifs is 1. The first-order valence-corrected chi connectivity index (χ1v) is 9.64. The molecule has 148 valence electrons. The number of hydrogen-bond acceptors (Lipinski definition) is 4. The molecule has 8 heteroatoms.